The maximum atomic E-state index is 4.38. The first kappa shape index (κ1) is 21.8. The van der Waals surface area contributed by atoms with Crippen molar-refractivity contribution >= 4 is 41.7 Å². The van der Waals surface area contributed by atoms with Gasteiger partial charge in [0.1, 0.15) is 0 Å². The molecule has 4 nitrogen and oxygen atoms in total. The minimum Gasteiger partial charge on any atom is -0.354 e. The summed E-state index contributed by atoms with van der Waals surface area (Å²) in [6.45, 7) is 4.42. The number of halogens is 1. The van der Waals surface area contributed by atoms with Crippen LogP contribution < -0.4 is 10.6 Å². The van der Waals surface area contributed by atoms with E-state index >= 15 is 0 Å². The average molecular weight is 488 g/mol. The number of benzene rings is 1. The van der Waals surface area contributed by atoms with Crippen LogP contribution in [0.3, 0.4) is 0 Å². The van der Waals surface area contributed by atoms with Gasteiger partial charge in [0.05, 0.1) is 0 Å². The van der Waals surface area contributed by atoms with Crippen LogP contribution in [0.15, 0.2) is 29.3 Å². The second-order valence-corrected chi connectivity index (χ2v) is 8.38. The Hall–Kier alpha value is -0.470. The number of nitrogens with zero attached hydrogens (tertiary/aromatic N) is 2. The van der Waals surface area contributed by atoms with Crippen LogP contribution in [0.4, 0.5) is 0 Å². The van der Waals surface area contributed by atoms with E-state index in [9.17, 15) is 0 Å². The highest BCUT2D eigenvalue weighted by Crippen LogP contribution is 2.28. The Morgan fingerprint density at radius 3 is 2.46 bits per heavy atom. The van der Waals surface area contributed by atoms with Crippen molar-refractivity contribution in [1.29, 1.82) is 0 Å². The fourth-order valence-corrected chi connectivity index (χ4v) is 4.62. The first-order chi connectivity index (χ1) is 12.3. The second kappa shape index (κ2) is 11.4. The molecule has 0 spiro atoms. The summed E-state index contributed by atoms with van der Waals surface area (Å²) < 4.78 is 0. The van der Waals surface area contributed by atoms with Crippen LogP contribution in [-0.2, 0) is 13.1 Å². The highest BCUT2D eigenvalue weighted by molar-refractivity contribution is 14.0. The van der Waals surface area contributed by atoms with E-state index in [1.54, 1.807) is 0 Å². The third-order valence-electron chi connectivity index (χ3n) is 5.37. The molecular formula is C20H33IN4S. The molecule has 6 heteroatoms. The van der Waals surface area contributed by atoms with Crippen LogP contribution in [0.25, 0.3) is 0 Å². The molecular weight excluding hydrogens is 455 g/mol. The number of aliphatic imine (C=N–C) groups is 1. The van der Waals surface area contributed by atoms with Gasteiger partial charge in [0, 0.05) is 31.4 Å². The molecule has 1 aromatic carbocycles. The van der Waals surface area contributed by atoms with Crippen LogP contribution in [-0.4, -0.2) is 48.5 Å². The Bertz CT molecular complexity index is 557. The molecule has 0 amide bonds. The van der Waals surface area contributed by atoms with Crippen LogP contribution in [0.2, 0.25) is 0 Å². The lowest BCUT2D eigenvalue weighted by Crippen LogP contribution is -2.42. The maximum absolute atomic E-state index is 4.38. The Balaban J connectivity index is 0.00000243. The van der Waals surface area contributed by atoms with Gasteiger partial charge in [-0.25, -0.2) is 0 Å². The predicted molar refractivity (Wildman–Crippen MR) is 125 cm³/mol. The molecule has 1 saturated heterocycles. The number of hydrogen-bond acceptors (Lipinski definition) is 3. The minimum absolute atomic E-state index is 0. The van der Waals surface area contributed by atoms with Gasteiger partial charge in [0.15, 0.2) is 5.96 Å². The molecule has 1 aliphatic carbocycles. The van der Waals surface area contributed by atoms with Crippen molar-refractivity contribution in [2.75, 3.05) is 26.4 Å². The lowest BCUT2D eigenvalue weighted by Gasteiger charge is -2.18. The topological polar surface area (TPSA) is 39.7 Å². The fraction of sp³-hybridized carbons (Fsp3) is 0.650. The number of nitrogens with one attached hydrogen (secondary N) is 2. The molecule has 0 bridgehead atoms. The molecule has 2 unspecified atom stereocenters. The summed E-state index contributed by atoms with van der Waals surface area (Å²) >= 11 is 1.99. The van der Waals surface area contributed by atoms with E-state index in [0.717, 1.165) is 24.3 Å². The third kappa shape index (κ3) is 6.60. The molecule has 2 atom stereocenters. The maximum Gasteiger partial charge on any atom is 0.191 e. The van der Waals surface area contributed by atoms with Gasteiger partial charge in [-0.3, -0.25) is 9.89 Å². The van der Waals surface area contributed by atoms with E-state index in [1.165, 1.54) is 56.3 Å². The molecule has 2 N–H and O–H groups in total. The number of thioether (sulfide) groups is 1. The summed E-state index contributed by atoms with van der Waals surface area (Å²) in [7, 11) is 1.86. The summed E-state index contributed by atoms with van der Waals surface area (Å²) in [5.74, 6) is 0.924. The van der Waals surface area contributed by atoms with Gasteiger partial charge in [-0.05, 0) is 62.6 Å². The summed E-state index contributed by atoms with van der Waals surface area (Å²) in [6, 6.07) is 9.58. The second-order valence-electron chi connectivity index (χ2n) is 7.24. The zero-order valence-electron chi connectivity index (χ0n) is 16.0. The third-order valence-corrected chi connectivity index (χ3v) is 6.46. The van der Waals surface area contributed by atoms with Crippen LogP contribution in [0.1, 0.15) is 43.2 Å². The first-order valence-electron chi connectivity index (χ1n) is 9.57. The lowest BCUT2D eigenvalue weighted by atomic mass is 10.1. The van der Waals surface area contributed by atoms with Crippen molar-refractivity contribution in [2.24, 2.45) is 4.99 Å². The van der Waals surface area contributed by atoms with E-state index in [0.29, 0.717) is 6.04 Å². The first-order valence-corrected chi connectivity index (χ1v) is 10.9. The monoisotopic (exact) mass is 488 g/mol. The van der Waals surface area contributed by atoms with Gasteiger partial charge in [0.2, 0.25) is 0 Å². The summed E-state index contributed by atoms with van der Waals surface area (Å²) in [6.07, 6.45) is 8.73. The zero-order valence-corrected chi connectivity index (χ0v) is 19.2. The Labute approximate surface area is 180 Å². The number of likely N-dealkylation sites (tertiary alicyclic amines) is 1. The highest BCUT2D eigenvalue weighted by atomic mass is 127. The molecule has 1 heterocycles. The standard InChI is InChI=1S/C20H32N4S.HI/c1-21-20(23-18-9-10-19(13-18)25-2)22-14-16-5-7-17(8-6-16)15-24-11-3-4-12-24;/h5-8,18-19H,3-4,9-15H2,1-2H3,(H2,21,22,23);1H. The van der Waals surface area contributed by atoms with Gasteiger partial charge in [-0.2, -0.15) is 11.8 Å². The summed E-state index contributed by atoms with van der Waals surface area (Å²) in [5.41, 5.74) is 2.73. The van der Waals surface area contributed by atoms with Gasteiger partial charge in [-0.15, -0.1) is 24.0 Å². The Morgan fingerprint density at radius 2 is 1.85 bits per heavy atom. The molecule has 2 fully saturated rings. The highest BCUT2D eigenvalue weighted by Gasteiger charge is 2.24. The van der Waals surface area contributed by atoms with E-state index in [1.807, 2.05) is 18.8 Å². The van der Waals surface area contributed by atoms with Crippen LogP contribution >= 0.6 is 35.7 Å². The minimum atomic E-state index is 0. The van der Waals surface area contributed by atoms with Crippen molar-refractivity contribution in [3.63, 3.8) is 0 Å². The Kier molecular flexibility index (Phi) is 9.56. The van der Waals surface area contributed by atoms with Crippen LogP contribution in [0.5, 0.6) is 0 Å². The van der Waals surface area contributed by atoms with Gasteiger partial charge < -0.3 is 10.6 Å². The van der Waals surface area contributed by atoms with Crippen molar-refractivity contribution in [2.45, 2.75) is 56.5 Å². The van der Waals surface area contributed by atoms with Crippen molar-refractivity contribution in [3.05, 3.63) is 35.4 Å². The van der Waals surface area contributed by atoms with Crippen molar-refractivity contribution in [3.8, 4) is 0 Å². The molecule has 3 rings (SSSR count). The number of guanidine groups is 1. The lowest BCUT2D eigenvalue weighted by molar-refractivity contribution is 0.331. The van der Waals surface area contributed by atoms with Gasteiger partial charge in [-0.1, -0.05) is 24.3 Å². The summed E-state index contributed by atoms with van der Waals surface area (Å²) in [5, 5.41) is 7.84. The fourth-order valence-electron chi connectivity index (χ4n) is 3.82. The smallest absolute Gasteiger partial charge is 0.191 e. The zero-order chi connectivity index (χ0) is 17.5. The van der Waals surface area contributed by atoms with Crippen molar-refractivity contribution in [1.82, 2.24) is 15.5 Å². The Morgan fingerprint density at radius 1 is 1.15 bits per heavy atom. The molecule has 0 radical (unpaired) electrons. The number of rotatable bonds is 6. The molecule has 1 aromatic rings. The largest absolute Gasteiger partial charge is 0.354 e. The average Bonchev–Trinajstić information content (AvgIpc) is 3.31. The van der Waals surface area contributed by atoms with E-state index in [4.69, 9.17) is 0 Å². The van der Waals surface area contributed by atoms with E-state index in [2.05, 4.69) is 51.0 Å². The van der Waals surface area contributed by atoms with Crippen LogP contribution in [0, 0.1) is 0 Å². The molecule has 2 aliphatic rings. The summed E-state index contributed by atoms with van der Waals surface area (Å²) in [4.78, 5) is 6.93. The molecule has 0 aromatic heterocycles. The van der Waals surface area contributed by atoms with E-state index < -0.39 is 0 Å². The van der Waals surface area contributed by atoms with E-state index in [-0.39, 0.29) is 24.0 Å². The number of hydrogen-bond donors (Lipinski definition) is 2. The van der Waals surface area contributed by atoms with Crippen molar-refractivity contribution < 1.29 is 0 Å². The van der Waals surface area contributed by atoms with Gasteiger partial charge in [0.25, 0.3) is 0 Å². The molecule has 146 valence electrons. The quantitative estimate of drug-likeness (QED) is 0.363. The SMILES string of the molecule is CN=C(NCc1ccc(CN2CCCC2)cc1)NC1CCC(SC)C1.I. The molecule has 1 aliphatic heterocycles. The predicted octanol–water partition coefficient (Wildman–Crippen LogP) is 3.85. The van der Waals surface area contributed by atoms with Gasteiger partial charge >= 0.3 is 0 Å². The molecule has 26 heavy (non-hydrogen) atoms. The molecule has 1 saturated carbocycles. The normalized spacial score (nSPS) is 23.7.